The molecule has 2 atom stereocenters. The lowest BCUT2D eigenvalue weighted by Gasteiger charge is -2.24. The van der Waals surface area contributed by atoms with Crippen LogP contribution in [0.2, 0.25) is 10.2 Å². The number of carbonyl (C=O) groups is 1. The van der Waals surface area contributed by atoms with Gasteiger partial charge in [0.05, 0.1) is 41.2 Å². The number of hydrogen-bond acceptors (Lipinski definition) is 6. The highest BCUT2D eigenvalue weighted by molar-refractivity contribution is 6.31. The maximum absolute atomic E-state index is 14.0. The highest BCUT2D eigenvalue weighted by Gasteiger charge is 2.26. The molecular weight excluding hydrogens is 625 g/mol. The van der Waals surface area contributed by atoms with Gasteiger partial charge in [0.1, 0.15) is 0 Å². The topological polar surface area (TPSA) is 113 Å². The first kappa shape index (κ1) is 30.6. The highest BCUT2D eigenvalue weighted by atomic mass is 35.5. The number of hydrogen-bond donors (Lipinski definition) is 1. The molecule has 5 aromatic rings. The quantitative estimate of drug-likeness (QED) is 0.219. The van der Waals surface area contributed by atoms with Crippen molar-refractivity contribution in [2.45, 2.75) is 52.1 Å². The summed E-state index contributed by atoms with van der Waals surface area (Å²) in [5, 5.41) is 15.3. The summed E-state index contributed by atoms with van der Waals surface area (Å²) in [4.78, 5) is 31.5. The Labute approximate surface area is 266 Å². The number of aryl methyl sites for hydroxylation is 1. The molecule has 0 radical (unpaired) electrons. The number of rotatable bonds is 5. The van der Waals surface area contributed by atoms with Crippen LogP contribution in [0.4, 0.5) is 14.5 Å². The normalized spacial score (nSPS) is 17.0. The molecule has 10 nitrogen and oxygen atoms in total. The highest BCUT2D eigenvalue weighted by Crippen LogP contribution is 2.36. The lowest BCUT2D eigenvalue weighted by atomic mass is 9.95. The van der Waals surface area contributed by atoms with Crippen molar-refractivity contribution in [3.05, 3.63) is 93.0 Å². The first-order chi connectivity index (χ1) is 21.6. The van der Waals surface area contributed by atoms with Crippen LogP contribution in [0.5, 0.6) is 0 Å². The van der Waals surface area contributed by atoms with Crippen molar-refractivity contribution in [2.24, 2.45) is 5.92 Å². The zero-order valence-electron chi connectivity index (χ0n) is 24.3. The first-order valence-electron chi connectivity index (χ1n) is 14.4. The lowest BCUT2D eigenvalue weighted by molar-refractivity contribution is -0.119. The van der Waals surface area contributed by atoms with Crippen LogP contribution in [0.3, 0.4) is 0 Å². The Bertz CT molecular complexity index is 1950. The molecule has 0 saturated carbocycles. The van der Waals surface area contributed by atoms with Crippen molar-refractivity contribution in [1.29, 1.82) is 0 Å². The monoisotopic (exact) mass is 652 g/mol. The Morgan fingerprint density at radius 2 is 1.89 bits per heavy atom. The van der Waals surface area contributed by atoms with E-state index in [1.807, 2.05) is 13.1 Å². The fourth-order valence-electron chi connectivity index (χ4n) is 5.75. The number of fused-ring (bicyclic) bond motifs is 4. The summed E-state index contributed by atoms with van der Waals surface area (Å²) in [6.07, 6.45) is 8.30. The zero-order chi connectivity index (χ0) is 31.8. The molecule has 5 heterocycles. The van der Waals surface area contributed by atoms with Gasteiger partial charge in [-0.3, -0.25) is 14.6 Å². The molecule has 0 fully saturated rings. The van der Waals surface area contributed by atoms with Gasteiger partial charge < -0.3 is 9.88 Å². The second-order valence-electron chi connectivity index (χ2n) is 10.9. The van der Waals surface area contributed by atoms with Crippen LogP contribution in [-0.4, -0.2) is 40.2 Å². The number of nitrogens with one attached hydrogen (secondary N) is 1. The van der Waals surface area contributed by atoms with E-state index in [1.54, 1.807) is 54.1 Å². The lowest BCUT2D eigenvalue weighted by Crippen LogP contribution is -2.27. The Balaban J connectivity index is 1.50. The van der Waals surface area contributed by atoms with Crippen molar-refractivity contribution >= 4 is 34.8 Å². The summed E-state index contributed by atoms with van der Waals surface area (Å²) < 4.78 is 31.7. The Morgan fingerprint density at radius 3 is 2.62 bits per heavy atom. The molecule has 0 saturated heterocycles. The minimum Gasteiger partial charge on any atom is -0.323 e. The number of amides is 1. The fraction of sp³-hybridized carbons (Fsp3) is 0.290. The van der Waals surface area contributed by atoms with E-state index < -0.39 is 18.5 Å². The maximum Gasteiger partial charge on any atom is 0.333 e. The molecule has 0 spiro atoms. The summed E-state index contributed by atoms with van der Waals surface area (Å²) in [7, 11) is 0. The first-order valence-corrected chi connectivity index (χ1v) is 15.2. The molecule has 1 unspecified atom stereocenters. The van der Waals surface area contributed by atoms with Gasteiger partial charge in [-0.1, -0.05) is 48.7 Å². The number of benzene rings is 1. The third-order valence-electron chi connectivity index (χ3n) is 8.04. The minimum atomic E-state index is -2.93. The van der Waals surface area contributed by atoms with E-state index in [0.29, 0.717) is 63.5 Å². The SMILES string of the molecule is CCc1cn(C2CCC[C@@H](C)C(=O)Nc3cnn(C(F)F)c3-c3ccnc2c3)c(=O)cc1-c1cc(Cl)ccc1-n1cc(Cl)nn1. The number of aromatic nitrogens is 7. The molecule has 1 amide bonds. The average Bonchev–Trinajstić information content (AvgIpc) is 3.65. The van der Waals surface area contributed by atoms with Gasteiger partial charge in [-0.05, 0) is 60.7 Å². The zero-order valence-corrected chi connectivity index (χ0v) is 25.8. The molecule has 232 valence electrons. The van der Waals surface area contributed by atoms with Gasteiger partial charge in [-0.15, -0.1) is 5.10 Å². The van der Waals surface area contributed by atoms with Crippen molar-refractivity contribution < 1.29 is 13.6 Å². The van der Waals surface area contributed by atoms with Crippen LogP contribution < -0.4 is 10.9 Å². The number of pyridine rings is 2. The molecule has 6 rings (SSSR count). The molecule has 2 bridgehead atoms. The van der Waals surface area contributed by atoms with Gasteiger partial charge in [-0.2, -0.15) is 13.9 Å². The van der Waals surface area contributed by atoms with Gasteiger partial charge in [0.15, 0.2) is 5.15 Å². The summed E-state index contributed by atoms with van der Waals surface area (Å²) in [6, 6.07) is 9.56. The smallest absolute Gasteiger partial charge is 0.323 e. The van der Waals surface area contributed by atoms with Gasteiger partial charge >= 0.3 is 6.55 Å². The second kappa shape index (κ2) is 12.5. The van der Waals surface area contributed by atoms with Crippen molar-refractivity contribution in [3.8, 4) is 28.1 Å². The number of anilines is 1. The van der Waals surface area contributed by atoms with Crippen LogP contribution in [0, 0.1) is 5.92 Å². The van der Waals surface area contributed by atoms with Crippen molar-refractivity contribution in [2.75, 3.05) is 5.32 Å². The van der Waals surface area contributed by atoms with Gasteiger partial charge in [-0.25, -0.2) is 9.36 Å². The Kier molecular flexibility index (Phi) is 8.52. The van der Waals surface area contributed by atoms with Crippen LogP contribution in [0.15, 0.2) is 66.0 Å². The van der Waals surface area contributed by atoms with E-state index in [9.17, 15) is 18.4 Å². The van der Waals surface area contributed by atoms with Crippen LogP contribution in [0.1, 0.15) is 57.0 Å². The Hall–Kier alpha value is -4.42. The maximum atomic E-state index is 14.0. The molecular formula is C31H28Cl2F2N8O2. The van der Waals surface area contributed by atoms with E-state index in [2.05, 4.69) is 25.7 Å². The summed E-state index contributed by atoms with van der Waals surface area (Å²) in [5.74, 6) is -0.701. The van der Waals surface area contributed by atoms with E-state index in [-0.39, 0.29) is 28.0 Å². The van der Waals surface area contributed by atoms with Crippen LogP contribution in [-0.2, 0) is 11.2 Å². The van der Waals surface area contributed by atoms with E-state index in [4.69, 9.17) is 23.2 Å². The molecule has 1 aliphatic rings. The third kappa shape index (κ3) is 5.99. The van der Waals surface area contributed by atoms with Gasteiger partial charge in [0.2, 0.25) is 5.91 Å². The molecule has 0 aliphatic carbocycles. The van der Waals surface area contributed by atoms with Gasteiger partial charge in [0.25, 0.3) is 5.56 Å². The second-order valence-corrected chi connectivity index (χ2v) is 11.7. The van der Waals surface area contributed by atoms with Crippen LogP contribution in [0.25, 0.3) is 28.1 Å². The standard InChI is InChI=1S/C31H28Cl2F2N8O2/c1-3-18-15-41(28(44)13-21(18)22-12-20(32)7-8-25(22)42-16-27(33)39-40-42)26-6-4-5-17(2)30(45)38-24-14-37-43(31(34)35)29(24)19-9-10-36-23(26)11-19/h7-17,26,31H,3-6H2,1-2H3,(H,38,45)/t17-,26?/m1/s1. The van der Waals surface area contributed by atoms with Gasteiger partial charge in [0, 0.05) is 40.5 Å². The van der Waals surface area contributed by atoms with E-state index >= 15 is 0 Å². The average molecular weight is 654 g/mol. The number of nitrogens with zero attached hydrogens (tertiary/aromatic N) is 7. The minimum absolute atomic E-state index is 0.0622. The number of alkyl halides is 2. The summed E-state index contributed by atoms with van der Waals surface area (Å²) >= 11 is 12.5. The predicted octanol–water partition coefficient (Wildman–Crippen LogP) is 6.97. The predicted molar refractivity (Wildman–Crippen MR) is 167 cm³/mol. The molecule has 45 heavy (non-hydrogen) atoms. The Morgan fingerprint density at radius 1 is 1.07 bits per heavy atom. The largest absolute Gasteiger partial charge is 0.333 e. The molecule has 14 heteroatoms. The van der Waals surface area contributed by atoms with Crippen LogP contribution >= 0.6 is 23.2 Å². The molecule has 1 N–H and O–H groups in total. The summed E-state index contributed by atoms with van der Waals surface area (Å²) in [6.45, 7) is 0.832. The molecule has 1 aromatic carbocycles. The third-order valence-corrected chi connectivity index (χ3v) is 8.45. The molecule has 4 aromatic heterocycles. The van der Waals surface area contributed by atoms with E-state index in [0.717, 1.165) is 5.56 Å². The van der Waals surface area contributed by atoms with Crippen molar-refractivity contribution in [3.63, 3.8) is 0 Å². The number of halogens is 4. The van der Waals surface area contributed by atoms with E-state index in [1.165, 1.54) is 17.1 Å². The molecule has 1 aliphatic heterocycles. The number of carbonyl (C=O) groups excluding carboxylic acids is 1. The summed E-state index contributed by atoms with van der Waals surface area (Å²) in [5.41, 5.74) is 3.72. The fourth-order valence-corrected chi connectivity index (χ4v) is 6.05. The van der Waals surface area contributed by atoms with Crippen molar-refractivity contribution in [1.82, 2.24) is 34.3 Å².